The molecule has 0 spiro atoms. The third-order valence-corrected chi connectivity index (χ3v) is 6.21. The number of halogens is 3. The van der Waals surface area contributed by atoms with Gasteiger partial charge in [-0.3, -0.25) is 10.1 Å². The number of alkyl halides is 3. The van der Waals surface area contributed by atoms with Crippen LogP contribution in [0.1, 0.15) is 37.9 Å². The van der Waals surface area contributed by atoms with Crippen molar-refractivity contribution in [2.45, 2.75) is 38.6 Å². The van der Waals surface area contributed by atoms with Gasteiger partial charge in [0, 0.05) is 29.7 Å². The highest BCUT2D eigenvalue weighted by Gasteiger charge is 2.40. The van der Waals surface area contributed by atoms with Crippen LogP contribution in [0.5, 0.6) is 5.75 Å². The number of nitro benzene ring substituents is 1. The van der Waals surface area contributed by atoms with Gasteiger partial charge in [0.1, 0.15) is 11.6 Å². The zero-order valence-electron chi connectivity index (χ0n) is 20.9. The molecule has 1 N–H and O–H groups in total. The fourth-order valence-corrected chi connectivity index (χ4v) is 4.28. The number of nitro groups is 1. The van der Waals surface area contributed by atoms with Crippen LogP contribution >= 0.6 is 0 Å². The first-order valence-corrected chi connectivity index (χ1v) is 11.6. The molecule has 1 aliphatic heterocycles. The molecule has 1 fully saturated rings. The monoisotopic (exact) mass is 529 g/mol. The number of benzene rings is 2. The van der Waals surface area contributed by atoms with Gasteiger partial charge in [-0.15, -0.1) is 0 Å². The number of nitrogens with zero attached hydrogens (tertiary/aromatic N) is 4. The highest BCUT2D eigenvalue weighted by molar-refractivity contribution is 6.61. The van der Waals surface area contributed by atoms with E-state index in [1.54, 1.807) is 35.7 Å². The second-order valence-electron chi connectivity index (χ2n) is 9.64. The van der Waals surface area contributed by atoms with E-state index >= 15 is 0 Å². The van der Waals surface area contributed by atoms with Gasteiger partial charge in [0.25, 0.3) is 5.69 Å². The van der Waals surface area contributed by atoms with Crippen LogP contribution in [-0.4, -0.2) is 46.0 Å². The van der Waals surface area contributed by atoms with Crippen molar-refractivity contribution >= 4 is 40.8 Å². The minimum atomic E-state index is -4.74. The topological polar surface area (TPSA) is 113 Å². The third-order valence-electron chi connectivity index (χ3n) is 6.21. The first kappa shape index (κ1) is 25.7. The molecule has 0 radical (unpaired) electrons. The van der Waals surface area contributed by atoms with Gasteiger partial charge in [0.15, 0.2) is 5.65 Å². The van der Waals surface area contributed by atoms with Crippen LogP contribution in [0.15, 0.2) is 42.5 Å². The smallest absolute Gasteiger partial charge is 0.497 e. The number of non-ortho nitro benzene ring substituents is 1. The molecule has 5 rings (SSSR count). The second kappa shape index (κ2) is 9.13. The minimum Gasteiger partial charge on any atom is -0.497 e. The maximum Gasteiger partial charge on any atom is 0.516 e. The fourth-order valence-electron chi connectivity index (χ4n) is 4.28. The fraction of sp³-hybridized carbons (Fsp3) is 0.333. The quantitative estimate of drug-likeness (QED) is 0.221. The number of hydrogen-bond donors (Lipinski definition) is 1. The Morgan fingerprint density at radius 3 is 2.63 bits per heavy atom. The lowest BCUT2D eigenvalue weighted by molar-refractivity contribution is -0.385. The number of methoxy groups -OCH3 is 1. The van der Waals surface area contributed by atoms with Crippen LogP contribution < -0.4 is 15.6 Å². The summed E-state index contributed by atoms with van der Waals surface area (Å²) in [6, 6.07) is 8.69. The van der Waals surface area contributed by atoms with E-state index in [0.717, 1.165) is 12.1 Å². The summed E-state index contributed by atoms with van der Waals surface area (Å²) in [5, 5.41) is 19.7. The average molecular weight is 529 g/mol. The summed E-state index contributed by atoms with van der Waals surface area (Å²) in [5.41, 5.74) is -0.598. The maximum absolute atomic E-state index is 13.4. The number of nitrogens with one attached hydrogen (secondary N) is 1. The summed E-state index contributed by atoms with van der Waals surface area (Å²) in [7, 11) is 0.839. The lowest BCUT2D eigenvalue weighted by Crippen LogP contribution is -2.35. The molecule has 10 nitrogen and oxygen atoms in total. The molecule has 198 valence electrons. The van der Waals surface area contributed by atoms with E-state index in [0.29, 0.717) is 46.4 Å². The Morgan fingerprint density at radius 1 is 1.24 bits per heavy atom. The first-order valence-electron chi connectivity index (χ1n) is 11.6. The highest BCUT2D eigenvalue weighted by atomic mass is 19.4. The molecule has 2 aromatic carbocycles. The van der Waals surface area contributed by atoms with Crippen molar-refractivity contribution in [3.63, 3.8) is 0 Å². The molecule has 3 heterocycles. The van der Waals surface area contributed by atoms with E-state index < -0.39 is 41.1 Å². The van der Waals surface area contributed by atoms with Crippen molar-refractivity contribution in [2.75, 3.05) is 19.0 Å². The number of rotatable bonds is 6. The Labute approximate surface area is 215 Å². The predicted octanol–water partition coefficient (Wildman–Crippen LogP) is 4.51. The van der Waals surface area contributed by atoms with Crippen LogP contribution in [0.4, 0.5) is 24.7 Å². The van der Waals surface area contributed by atoms with Gasteiger partial charge in [0.05, 0.1) is 47.0 Å². The van der Waals surface area contributed by atoms with Gasteiger partial charge in [-0.25, -0.2) is 9.50 Å². The number of ether oxygens (including phenoxy) is 1. The van der Waals surface area contributed by atoms with Gasteiger partial charge in [-0.05, 0) is 44.5 Å². The van der Waals surface area contributed by atoms with Crippen molar-refractivity contribution in [3.8, 4) is 5.75 Å². The van der Waals surface area contributed by atoms with E-state index in [4.69, 9.17) is 14.0 Å². The summed E-state index contributed by atoms with van der Waals surface area (Å²) in [4.78, 5) is 15.1. The van der Waals surface area contributed by atoms with Crippen molar-refractivity contribution in [1.82, 2.24) is 14.6 Å². The molecular formula is C24H23BF3N5O5. The Kier molecular flexibility index (Phi) is 6.18. The Bertz CT molecular complexity index is 1560. The van der Waals surface area contributed by atoms with Gasteiger partial charge >= 0.3 is 13.3 Å². The summed E-state index contributed by atoms with van der Waals surface area (Å²) in [6.45, 7) is 5.80. The Balaban J connectivity index is 1.59. The van der Waals surface area contributed by atoms with E-state index in [-0.39, 0.29) is 5.56 Å². The lowest BCUT2D eigenvalue weighted by atomic mass is 9.85. The molecule has 0 unspecified atom stereocenters. The van der Waals surface area contributed by atoms with Crippen molar-refractivity contribution in [2.24, 2.45) is 0 Å². The van der Waals surface area contributed by atoms with Crippen LogP contribution in [0.25, 0.3) is 16.6 Å². The predicted molar refractivity (Wildman–Crippen MR) is 134 cm³/mol. The lowest BCUT2D eigenvalue weighted by Gasteiger charge is -2.18. The van der Waals surface area contributed by atoms with E-state index in [1.165, 1.54) is 7.11 Å². The van der Waals surface area contributed by atoms with Crippen LogP contribution in [0.2, 0.25) is 0 Å². The highest BCUT2D eigenvalue weighted by Crippen LogP contribution is 2.35. The minimum absolute atomic E-state index is 0.0824. The van der Waals surface area contributed by atoms with E-state index in [2.05, 4.69) is 15.4 Å². The van der Waals surface area contributed by atoms with Gasteiger partial charge < -0.3 is 19.4 Å². The molecule has 2 aromatic heterocycles. The zero-order valence-corrected chi connectivity index (χ0v) is 20.9. The number of hydrogen-bond acceptors (Lipinski definition) is 8. The molecule has 0 saturated carbocycles. The molecule has 4 aromatic rings. The summed E-state index contributed by atoms with van der Waals surface area (Å²) < 4.78 is 59.0. The standard InChI is InChI=1S/C24H23BF3N5O5/c1-13(14-7-15(24(26,27)28)9-16(8-14)33(34)35)29-22-18-6-5-17(36-4)10-19(18)32-21(30-22)11-20(31-32)25-37-12-23(2,3)38-25/h5-11,13H,12H2,1-4H3,(H,29,30)/t13-/m1/s1. The van der Waals surface area contributed by atoms with Crippen molar-refractivity contribution in [1.29, 1.82) is 0 Å². The van der Waals surface area contributed by atoms with Gasteiger partial charge in [-0.2, -0.15) is 18.3 Å². The number of fused-ring (bicyclic) bond motifs is 3. The molecule has 1 atom stereocenters. The molecule has 1 aliphatic rings. The zero-order chi connectivity index (χ0) is 27.4. The molecule has 14 heteroatoms. The van der Waals surface area contributed by atoms with Crippen molar-refractivity contribution in [3.05, 3.63) is 63.7 Å². The second-order valence-corrected chi connectivity index (χ2v) is 9.64. The van der Waals surface area contributed by atoms with Crippen LogP contribution in [0.3, 0.4) is 0 Å². The van der Waals surface area contributed by atoms with Crippen LogP contribution in [-0.2, 0) is 15.5 Å². The summed E-state index contributed by atoms with van der Waals surface area (Å²) in [6.07, 6.45) is -4.74. The van der Waals surface area contributed by atoms with Gasteiger partial charge in [-0.1, -0.05) is 0 Å². The first-order chi connectivity index (χ1) is 17.8. The molecule has 0 aliphatic carbocycles. The molecular weight excluding hydrogens is 506 g/mol. The molecule has 1 saturated heterocycles. The third kappa shape index (κ3) is 4.84. The van der Waals surface area contributed by atoms with Gasteiger partial charge in [0.2, 0.25) is 0 Å². The largest absolute Gasteiger partial charge is 0.516 e. The molecule has 0 bridgehead atoms. The number of aromatic nitrogens is 3. The van der Waals surface area contributed by atoms with E-state index in [9.17, 15) is 23.3 Å². The van der Waals surface area contributed by atoms with E-state index in [1.807, 2.05) is 13.8 Å². The van der Waals surface area contributed by atoms with Crippen LogP contribution in [0, 0.1) is 10.1 Å². The molecule has 38 heavy (non-hydrogen) atoms. The number of anilines is 1. The molecule has 0 amide bonds. The SMILES string of the molecule is COc1ccc2c(N[C@H](C)c3cc([N+](=O)[O-])cc(C(F)(F)F)c3)nc3cc(B4OCC(C)(C)O4)nn3c2c1. The summed E-state index contributed by atoms with van der Waals surface area (Å²) >= 11 is 0. The normalized spacial score (nSPS) is 16.2. The average Bonchev–Trinajstić information content (AvgIpc) is 3.45. The summed E-state index contributed by atoms with van der Waals surface area (Å²) in [5.74, 6) is 0.909. The van der Waals surface area contributed by atoms with Crippen molar-refractivity contribution < 1.29 is 32.1 Å². The Morgan fingerprint density at radius 2 is 2.00 bits per heavy atom. The Hall–Kier alpha value is -3.91. The maximum atomic E-state index is 13.4.